The molecule has 0 unspecified atom stereocenters. The maximum absolute atomic E-state index is 12.7. The van der Waals surface area contributed by atoms with E-state index in [2.05, 4.69) is 57.0 Å². The highest BCUT2D eigenvalue weighted by atomic mass is 16.5. The molecule has 0 spiro atoms. The molecule has 2 aromatic rings. The summed E-state index contributed by atoms with van der Waals surface area (Å²) in [5.41, 5.74) is 3.47. The van der Waals surface area contributed by atoms with Crippen LogP contribution in [0.5, 0.6) is 0 Å². The lowest BCUT2D eigenvalue weighted by Gasteiger charge is -2.26. The molecule has 1 atom stereocenters. The summed E-state index contributed by atoms with van der Waals surface area (Å²) >= 11 is 0. The van der Waals surface area contributed by atoms with Crippen LogP contribution in [0.25, 0.3) is 6.08 Å². The van der Waals surface area contributed by atoms with Crippen molar-refractivity contribution < 1.29 is 23.9 Å². The summed E-state index contributed by atoms with van der Waals surface area (Å²) < 4.78 is 10.2. The third-order valence-corrected chi connectivity index (χ3v) is 6.64. The van der Waals surface area contributed by atoms with E-state index in [1.165, 1.54) is 12.7 Å². The van der Waals surface area contributed by atoms with E-state index >= 15 is 0 Å². The highest BCUT2D eigenvalue weighted by molar-refractivity contribution is 5.97. The Morgan fingerprint density at radius 3 is 2.48 bits per heavy atom. The van der Waals surface area contributed by atoms with E-state index in [4.69, 9.17) is 9.47 Å². The van der Waals surface area contributed by atoms with Crippen LogP contribution in [0, 0.1) is 11.8 Å². The van der Waals surface area contributed by atoms with E-state index in [9.17, 15) is 14.4 Å². The smallest absolute Gasteiger partial charge is 0.330 e. The van der Waals surface area contributed by atoms with Gasteiger partial charge in [0.25, 0.3) is 5.91 Å². The van der Waals surface area contributed by atoms with Crippen LogP contribution >= 0.6 is 0 Å². The molecule has 1 heterocycles. The van der Waals surface area contributed by atoms with Gasteiger partial charge in [-0.1, -0.05) is 36.1 Å². The van der Waals surface area contributed by atoms with Gasteiger partial charge in [-0.15, -0.1) is 0 Å². The third kappa shape index (κ3) is 9.65. The normalized spacial score (nSPS) is 16.0. The molecule has 9 heteroatoms. The molecule has 40 heavy (non-hydrogen) atoms. The van der Waals surface area contributed by atoms with Crippen molar-refractivity contribution in [1.82, 2.24) is 20.9 Å². The molecule has 2 aliphatic rings. The predicted molar refractivity (Wildman–Crippen MR) is 152 cm³/mol. The van der Waals surface area contributed by atoms with Crippen molar-refractivity contribution in [2.75, 3.05) is 46.5 Å². The highest BCUT2D eigenvalue weighted by Gasteiger charge is 2.24. The fraction of sp³-hybridized carbons (Fsp3) is 0.387. The Morgan fingerprint density at radius 1 is 1.07 bits per heavy atom. The first-order valence-corrected chi connectivity index (χ1v) is 13.6. The van der Waals surface area contributed by atoms with Gasteiger partial charge in [-0.25, -0.2) is 4.79 Å². The fourth-order valence-electron chi connectivity index (χ4n) is 4.10. The Kier molecular flexibility index (Phi) is 10.9. The lowest BCUT2D eigenvalue weighted by Crippen LogP contribution is -2.50. The number of amides is 2. The van der Waals surface area contributed by atoms with Crippen LogP contribution in [0.4, 0.5) is 0 Å². The first kappa shape index (κ1) is 29.0. The number of nitrogens with one attached hydrogen (secondary N) is 3. The van der Waals surface area contributed by atoms with Gasteiger partial charge in [0.15, 0.2) is 0 Å². The van der Waals surface area contributed by atoms with Gasteiger partial charge in [0.2, 0.25) is 5.91 Å². The van der Waals surface area contributed by atoms with E-state index in [0.29, 0.717) is 11.6 Å². The SMILES string of the molecule is COC(=O)[C@H](CNC(=O)CNC1CC1)NC(=O)c1ccc(C#C/C=C/c2ccc(CN3CCOCC3)cc2)cc1. The Labute approximate surface area is 235 Å². The number of carbonyl (C=O) groups is 3. The van der Waals surface area contributed by atoms with Crippen LogP contribution < -0.4 is 16.0 Å². The lowest BCUT2D eigenvalue weighted by atomic mass is 10.1. The number of benzene rings is 2. The number of methoxy groups -OCH3 is 1. The zero-order valence-electron chi connectivity index (χ0n) is 22.8. The van der Waals surface area contributed by atoms with Gasteiger partial charge in [0, 0.05) is 43.3 Å². The van der Waals surface area contributed by atoms with Crippen molar-refractivity contribution in [2.45, 2.75) is 31.5 Å². The summed E-state index contributed by atoms with van der Waals surface area (Å²) in [7, 11) is 1.24. The molecule has 2 aromatic carbocycles. The number of rotatable bonds is 11. The van der Waals surface area contributed by atoms with Gasteiger partial charge in [-0.2, -0.15) is 0 Å². The molecule has 0 radical (unpaired) electrons. The second-order valence-corrected chi connectivity index (χ2v) is 9.82. The van der Waals surface area contributed by atoms with Crippen molar-refractivity contribution in [3.63, 3.8) is 0 Å². The van der Waals surface area contributed by atoms with Crippen molar-refractivity contribution >= 4 is 23.9 Å². The average Bonchev–Trinajstić information content (AvgIpc) is 3.82. The van der Waals surface area contributed by atoms with E-state index in [1.54, 1.807) is 30.3 Å². The summed E-state index contributed by atoms with van der Waals surface area (Å²) in [6, 6.07) is 14.6. The summed E-state index contributed by atoms with van der Waals surface area (Å²) in [5.74, 6) is 4.76. The minimum absolute atomic E-state index is 0.0594. The number of hydrogen-bond donors (Lipinski definition) is 3. The molecular weight excluding hydrogens is 508 g/mol. The number of allylic oxidation sites excluding steroid dienone is 1. The zero-order chi connectivity index (χ0) is 28.2. The van der Waals surface area contributed by atoms with Gasteiger partial charge in [0.1, 0.15) is 6.04 Å². The summed E-state index contributed by atoms with van der Waals surface area (Å²) in [6.45, 7) is 4.57. The van der Waals surface area contributed by atoms with Gasteiger partial charge in [-0.3, -0.25) is 14.5 Å². The van der Waals surface area contributed by atoms with Crippen LogP contribution in [-0.2, 0) is 25.6 Å². The summed E-state index contributed by atoms with van der Waals surface area (Å²) in [6.07, 6.45) is 5.90. The molecule has 4 rings (SSSR count). The topological polar surface area (TPSA) is 109 Å². The van der Waals surface area contributed by atoms with Crippen LogP contribution in [0.3, 0.4) is 0 Å². The molecule has 210 valence electrons. The Hall–Kier alpha value is -3.97. The number of hydrogen-bond acceptors (Lipinski definition) is 7. The zero-order valence-corrected chi connectivity index (χ0v) is 22.8. The predicted octanol–water partition coefficient (Wildman–Crippen LogP) is 1.72. The molecule has 1 aliphatic heterocycles. The van der Waals surface area contributed by atoms with Gasteiger partial charge in [0.05, 0.1) is 26.9 Å². The standard InChI is InChI=1S/C31H36N4O5/c1-39-31(38)28(20-33-29(36)21-32-27-14-15-27)34-30(37)26-12-10-24(11-13-26)5-3-2-4-23-6-8-25(9-7-23)22-35-16-18-40-19-17-35/h2,4,6-13,27-28,32H,14-22H2,1H3,(H,33,36)(H,34,37)/b4-2+/t28-/m0/s1. The maximum Gasteiger partial charge on any atom is 0.330 e. The van der Waals surface area contributed by atoms with E-state index in [0.717, 1.165) is 56.8 Å². The Bertz CT molecular complexity index is 1240. The number of ether oxygens (including phenoxy) is 2. The van der Waals surface area contributed by atoms with Crippen LogP contribution in [0.15, 0.2) is 54.6 Å². The molecule has 0 aromatic heterocycles. The number of carbonyl (C=O) groups excluding carboxylic acids is 3. The summed E-state index contributed by atoms with van der Waals surface area (Å²) in [5, 5.41) is 8.39. The van der Waals surface area contributed by atoms with Crippen molar-refractivity contribution in [2.24, 2.45) is 0 Å². The second kappa shape index (κ2) is 15.0. The minimum atomic E-state index is -1.000. The highest BCUT2D eigenvalue weighted by Crippen LogP contribution is 2.17. The van der Waals surface area contributed by atoms with Crippen molar-refractivity contribution in [3.8, 4) is 11.8 Å². The molecule has 2 fully saturated rings. The largest absolute Gasteiger partial charge is 0.467 e. The number of esters is 1. The number of nitrogens with zero attached hydrogens (tertiary/aromatic N) is 1. The Balaban J connectivity index is 1.24. The fourth-order valence-corrected chi connectivity index (χ4v) is 4.10. The van der Waals surface area contributed by atoms with Crippen LogP contribution in [0.2, 0.25) is 0 Å². The van der Waals surface area contributed by atoms with Crippen molar-refractivity contribution in [3.05, 3.63) is 76.9 Å². The van der Waals surface area contributed by atoms with Gasteiger partial charge in [-0.05, 0) is 60.4 Å². The van der Waals surface area contributed by atoms with E-state index in [1.807, 2.05) is 6.08 Å². The molecule has 0 bridgehead atoms. The third-order valence-electron chi connectivity index (χ3n) is 6.64. The minimum Gasteiger partial charge on any atom is -0.467 e. The molecule has 1 aliphatic carbocycles. The van der Waals surface area contributed by atoms with Gasteiger partial charge < -0.3 is 25.4 Å². The molecular formula is C31H36N4O5. The molecule has 1 saturated carbocycles. The van der Waals surface area contributed by atoms with E-state index in [-0.39, 0.29) is 19.0 Å². The van der Waals surface area contributed by atoms with Crippen LogP contribution in [-0.4, -0.2) is 81.3 Å². The van der Waals surface area contributed by atoms with Crippen molar-refractivity contribution in [1.29, 1.82) is 0 Å². The Morgan fingerprint density at radius 2 is 1.80 bits per heavy atom. The first-order valence-electron chi connectivity index (χ1n) is 13.6. The monoisotopic (exact) mass is 544 g/mol. The maximum atomic E-state index is 12.7. The molecule has 3 N–H and O–H groups in total. The molecule has 9 nitrogen and oxygen atoms in total. The quantitative estimate of drug-likeness (QED) is 0.292. The van der Waals surface area contributed by atoms with Crippen LogP contribution in [0.1, 0.15) is 39.9 Å². The lowest BCUT2D eigenvalue weighted by molar-refractivity contribution is -0.142. The molecule has 1 saturated heterocycles. The van der Waals surface area contributed by atoms with Gasteiger partial charge >= 0.3 is 5.97 Å². The second-order valence-electron chi connectivity index (χ2n) is 9.82. The first-order chi connectivity index (χ1) is 19.5. The van der Waals surface area contributed by atoms with E-state index < -0.39 is 17.9 Å². The summed E-state index contributed by atoms with van der Waals surface area (Å²) in [4.78, 5) is 39.2. The average molecular weight is 545 g/mol. The molecule has 2 amide bonds. The number of morpholine rings is 1.